The highest BCUT2D eigenvalue weighted by atomic mass is 16.5. The Kier molecular flexibility index (Phi) is 5.49. The predicted molar refractivity (Wildman–Crippen MR) is 65.1 cm³/mol. The maximum atomic E-state index is 5.30. The van der Waals surface area contributed by atoms with Gasteiger partial charge >= 0.3 is 0 Å². The van der Waals surface area contributed by atoms with Crippen molar-refractivity contribution in [1.82, 2.24) is 15.4 Å². The SMILES string of the molecule is CCN(Cc1cc(CNC)no1)CC(C)C. The molecule has 0 atom stereocenters. The molecule has 1 N–H and O–H groups in total. The first kappa shape index (κ1) is 13.2. The third-order valence-electron chi connectivity index (χ3n) is 2.42. The molecular formula is C12H23N3O. The Labute approximate surface area is 98.0 Å². The molecule has 16 heavy (non-hydrogen) atoms. The van der Waals surface area contributed by atoms with E-state index in [4.69, 9.17) is 4.52 Å². The van der Waals surface area contributed by atoms with Crippen molar-refractivity contribution < 1.29 is 4.52 Å². The van der Waals surface area contributed by atoms with Crippen LogP contribution in [0.15, 0.2) is 10.6 Å². The van der Waals surface area contributed by atoms with Crippen LogP contribution in [0.1, 0.15) is 32.2 Å². The Morgan fingerprint density at radius 2 is 2.25 bits per heavy atom. The maximum Gasteiger partial charge on any atom is 0.151 e. The van der Waals surface area contributed by atoms with E-state index in [2.05, 4.69) is 36.1 Å². The number of aromatic nitrogens is 1. The summed E-state index contributed by atoms with van der Waals surface area (Å²) in [5.41, 5.74) is 0.970. The van der Waals surface area contributed by atoms with Gasteiger partial charge in [0.05, 0.1) is 12.2 Å². The zero-order valence-electron chi connectivity index (χ0n) is 10.8. The second kappa shape index (κ2) is 6.66. The van der Waals surface area contributed by atoms with Gasteiger partial charge in [0.25, 0.3) is 0 Å². The van der Waals surface area contributed by atoms with E-state index in [1.165, 1.54) is 0 Å². The second-order valence-corrected chi connectivity index (χ2v) is 4.54. The first-order valence-electron chi connectivity index (χ1n) is 5.97. The molecule has 0 amide bonds. The van der Waals surface area contributed by atoms with Gasteiger partial charge in [0.2, 0.25) is 0 Å². The molecule has 0 radical (unpaired) electrons. The molecule has 0 fully saturated rings. The van der Waals surface area contributed by atoms with Crippen LogP contribution in [0.25, 0.3) is 0 Å². The average molecular weight is 225 g/mol. The lowest BCUT2D eigenvalue weighted by atomic mass is 10.2. The van der Waals surface area contributed by atoms with Crippen molar-refractivity contribution in [2.75, 3.05) is 20.1 Å². The fourth-order valence-corrected chi connectivity index (χ4v) is 1.74. The van der Waals surface area contributed by atoms with Crippen LogP contribution in [0.5, 0.6) is 0 Å². The molecule has 1 aromatic rings. The minimum atomic E-state index is 0.680. The van der Waals surface area contributed by atoms with Gasteiger partial charge in [0.1, 0.15) is 0 Å². The zero-order valence-corrected chi connectivity index (χ0v) is 10.8. The molecule has 1 rings (SSSR count). The van der Waals surface area contributed by atoms with Crippen LogP contribution in [-0.4, -0.2) is 30.2 Å². The van der Waals surface area contributed by atoms with Crippen LogP contribution in [0.4, 0.5) is 0 Å². The summed E-state index contributed by atoms with van der Waals surface area (Å²) in [7, 11) is 1.91. The van der Waals surface area contributed by atoms with Gasteiger partial charge in [-0.15, -0.1) is 0 Å². The van der Waals surface area contributed by atoms with Crippen LogP contribution >= 0.6 is 0 Å². The predicted octanol–water partition coefficient (Wildman–Crippen LogP) is 1.87. The topological polar surface area (TPSA) is 41.3 Å². The molecule has 0 bridgehead atoms. The van der Waals surface area contributed by atoms with Gasteiger partial charge in [-0.3, -0.25) is 4.90 Å². The van der Waals surface area contributed by atoms with Gasteiger partial charge in [-0.1, -0.05) is 25.9 Å². The highest BCUT2D eigenvalue weighted by molar-refractivity contribution is 5.04. The summed E-state index contributed by atoms with van der Waals surface area (Å²) in [5, 5.41) is 7.07. The zero-order chi connectivity index (χ0) is 12.0. The monoisotopic (exact) mass is 225 g/mol. The van der Waals surface area contributed by atoms with Crippen LogP contribution < -0.4 is 5.32 Å². The van der Waals surface area contributed by atoms with Crippen LogP contribution in [-0.2, 0) is 13.1 Å². The molecule has 92 valence electrons. The Hall–Kier alpha value is -0.870. The Bertz CT molecular complexity index is 296. The van der Waals surface area contributed by atoms with E-state index >= 15 is 0 Å². The molecule has 0 spiro atoms. The van der Waals surface area contributed by atoms with E-state index in [0.717, 1.165) is 37.6 Å². The lowest BCUT2D eigenvalue weighted by molar-refractivity contribution is 0.218. The smallest absolute Gasteiger partial charge is 0.151 e. The number of hydrogen-bond acceptors (Lipinski definition) is 4. The van der Waals surface area contributed by atoms with Crippen molar-refractivity contribution in [3.05, 3.63) is 17.5 Å². The summed E-state index contributed by atoms with van der Waals surface area (Å²) in [6.45, 7) is 10.4. The molecule has 0 saturated heterocycles. The van der Waals surface area contributed by atoms with E-state index in [-0.39, 0.29) is 0 Å². The summed E-state index contributed by atoms with van der Waals surface area (Å²) in [6, 6.07) is 2.03. The fraction of sp³-hybridized carbons (Fsp3) is 0.750. The molecular weight excluding hydrogens is 202 g/mol. The van der Waals surface area contributed by atoms with Crippen molar-refractivity contribution in [2.24, 2.45) is 5.92 Å². The van der Waals surface area contributed by atoms with E-state index in [1.807, 2.05) is 13.1 Å². The fourth-order valence-electron chi connectivity index (χ4n) is 1.74. The van der Waals surface area contributed by atoms with Gasteiger partial charge in [-0.2, -0.15) is 0 Å². The summed E-state index contributed by atoms with van der Waals surface area (Å²) < 4.78 is 5.30. The largest absolute Gasteiger partial charge is 0.360 e. The van der Waals surface area contributed by atoms with Crippen molar-refractivity contribution in [1.29, 1.82) is 0 Å². The minimum Gasteiger partial charge on any atom is -0.360 e. The molecule has 0 aromatic carbocycles. The maximum absolute atomic E-state index is 5.30. The van der Waals surface area contributed by atoms with Crippen molar-refractivity contribution in [2.45, 2.75) is 33.9 Å². The number of rotatable bonds is 7. The molecule has 1 heterocycles. The van der Waals surface area contributed by atoms with E-state index < -0.39 is 0 Å². The van der Waals surface area contributed by atoms with Crippen molar-refractivity contribution in [3.63, 3.8) is 0 Å². The van der Waals surface area contributed by atoms with Crippen molar-refractivity contribution in [3.8, 4) is 0 Å². The third-order valence-corrected chi connectivity index (χ3v) is 2.42. The lowest BCUT2D eigenvalue weighted by Crippen LogP contribution is -2.26. The molecule has 0 unspecified atom stereocenters. The number of nitrogens with one attached hydrogen (secondary N) is 1. The van der Waals surface area contributed by atoms with E-state index in [0.29, 0.717) is 5.92 Å². The first-order valence-corrected chi connectivity index (χ1v) is 5.97. The van der Waals surface area contributed by atoms with Gasteiger partial charge in [0.15, 0.2) is 5.76 Å². The molecule has 0 aliphatic heterocycles. The van der Waals surface area contributed by atoms with Gasteiger partial charge in [0, 0.05) is 19.2 Å². The lowest BCUT2D eigenvalue weighted by Gasteiger charge is -2.20. The Morgan fingerprint density at radius 1 is 1.50 bits per heavy atom. The summed E-state index contributed by atoms with van der Waals surface area (Å²) in [6.07, 6.45) is 0. The molecule has 0 aliphatic rings. The first-order chi connectivity index (χ1) is 7.65. The van der Waals surface area contributed by atoms with E-state index in [1.54, 1.807) is 0 Å². The third kappa shape index (κ3) is 4.33. The highest BCUT2D eigenvalue weighted by Crippen LogP contribution is 2.09. The minimum absolute atomic E-state index is 0.680. The molecule has 0 aliphatic carbocycles. The Balaban J connectivity index is 2.49. The summed E-state index contributed by atoms with van der Waals surface area (Å²) in [4.78, 5) is 2.37. The van der Waals surface area contributed by atoms with Crippen molar-refractivity contribution >= 4 is 0 Å². The standard InChI is InChI=1S/C12H23N3O/c1-5-15(8-10(2)3)9-12-6-11(7-13-4)14-16-12/h6,10,13H,5,7-9H2,1-4H3. The van der Waals surface area contributed by atoms with Gasteiger partial charge in [-0.05, 0) is 19.5 Å². The highest BCUT2D eigenvalue weighted by Gasteiger charge is 2.10. The average Bonchev–Trinajstić information content (AvgIpc) is 2.64. The Morgan fingerprint density at radius 3 is 2.81 bits per heavy atom. The van der Waals surface area contributed by atoms with Crippen LogP contribution in [0, 0.1) is 5.92 Å². The van der Waals surface area contributed by atoms with Crippen LogP contribution in [0.2, 0.25) is 0 Å². The second-order valence-electron chi connectivity index (χ2n) is 4.54. The number of hydrogen-bond donors (Lipinski definition) is 1. The molecule has 0 saturated carbocycles. The van der Waals surface area contributed by atoms with Crippen LogP contribution in [0.3, 0.4) is 0 Å². The molecule has 4 nitrogen and oxygen atoms in total. The van der Waals surface area contributed by atoms with E-state index in [9.17, 15) is 0 Å². The molecule has 4 heteroatoms. The number of nitrogens with zero attached hydrogens (tertiary/aromatic N) is 2. The normalized spacial score (nSPS) is 11.6. The quantitative estimate of drug-likeness (QED) is 0.769. The summed E-state index contributed by atoms with van der Waals surface area (Å²) >= 11 is 0. The molecule has 1 aromatic heterocycles. The van der Waals surface area contributed by atoms with Gasteiger partial charge in [-0.25, -0.2) is 0 Å². The van der Waals surface area contributed by atoms with Gasteiger partial charge < -0.3 is 9.84 Å². The summed E-state index contributed by atoms with van der Waals surface area (Å²) in [5.74, 6) is 1.63.